The number of hydrogen-bond donors (Lipinski definition) is 3. The molecule has 0 bridgehead atoms. The van der Waals surface area contributed by atoms with Gasteiger partial charge < -0.3 is 29.5 Å². The van der Waals surface area contributed by atoms with Crippen molar-refractivity contribution in [3.63, 3.8) is 0 Å². The number of carbonyl (C=O) groups excluding carboxylic acids is 1. The molecule has 190 valence electrons. The Labute approximate surface area is 194 Å². The molecule has 0 unspecified atom stereocenters. The van der Waals surface area contributed by atoms with Crippen molar-refractivity contribution in [1.29, 1.82) is 0 Å². The van der Waals surface area contributed by atoms with Crippen LogP contribution < -0.4 is 0 Å². The van der Waals surface area contributed by atoms with Crippen LogP contribution in [0.25, 0.3) is 0 Å². The first-order valence-corrected chi connectivity index (χ1v) is 12.9. The lowest BCUT2D eigenvalue weighted by atomic mass is 9.99. The predicted molar refractivity (Wildman–Crippen MR) is 124 cm³/mol. The molecular weight excluding hydrogens is 412 g/mol. The normalized spacial score (nSPS) is 25.7. The van der Waals surface area contributed by atoms with E-state index in [1.807, 2.05) is 0 Å². The second-order valence-corrected chi connectivity index (χ2v) is 9.10. The first-order valence-electron chi connectivity index (χ1n) is 12.9. The van der Waals surface area contributed by atoms with Crippen molar-refractivity contribution in [3.8, 4) is 0 Å². The summed E-state index contributed by atoms with van der Waals surface area (Å²) in [5.41, 5.74) is 0. The second kappa shape index (κ2) is 18.7. The molecular formula is C25H48O7. The third-order valence-corrected chi connectivity index (χ3v) is 6.31. The van der Waals surface area contributed by atoms with Crippen molar-refractivity contribution < 1.29 is 34.3 Å². The fourth-order valence-electron chi connectivity index (χ4n) is 4.22. The maximum absolute atomic E-state index is 12.1. The number of aliphatic hydroxyl groups excluding tert-OH is 3. The van der Waals surface area contributed by atoms with Crippen LogP contribution >= 0.6 is 0 Å². The maximum Gasteiger partial charge on any atom is 0.306 e. The van der Waals surface area contributed by atoms with Crippen LogP contribution in [-0.2, 0) is 19.0 Å². The van der Waals surface area contributed by atoms with Gasteiger partial charge in [-0.3, -0.25) is 4.79 Å². The zero-order valence-corrected chi connectivity index (χ0v) is 20.4. The van der Waals surface area contributed by atoms with Crippen molar-refractivity contribution in [2.45, 2.75) is 140 Å². The van der Waals surface area contributed by atoms with Crippen LogP contribution in [0.15, 0.2) is 0 Å². The molecule has 1 aliphatic rings. The molecule has 0 aromatic carbocycles. The molecule has 0 spiro atoms. The van der Waals surface area contributed by atoms with E-state index in [0.717, 1.165) is 19.3 Å². The monoisotopic (exact) mass is 460 g/mol. The Morgan fingerprint density at radius 1 is 0.781 bits per heavy atom. The van der Waals surface area contributed by atoms with Crippen LogP contribution in [0, 0.1) is 0 Å². The summed E-state index contributed by atoms with van der Waals surface area (Å²) in [6.07, 6.45) is 13.3. The largest absolute Gasteiger partial charge is 0.454 e. The second-order valence-electron chi connectivity index (χ2n) is 9.10. The number of esters is 1. The summed E-state index contributed by atoms with van der Waals surface area (Å²) < 4.78 is 15.8. The Bertz CT molecular complexity index is 458. The highest BCUT2D eigenvalue weighted by atomic mass is 16.7. The molecule has 3 N–H and O–H groups in total. The summed E-state index contributed by atoms with van der Waals surface area (Å²) in [4.78, 5) is 12.1. The summed E-state index contributed by atoms with van der Waals surface area (Å²) in [5.74, 6) is -0.441. The number of rotatable bonds is 19. The van der Waals surface area contributed by atoms with Gasteiger partial charge >= 0.3 is 5.97 Å². The molecule has 1 aliphatic heterocycles. The lowest BCUT2D eigenvalue weighted by Gasteiger charge is -2.40. The van der Waals surface area contributed by atoms with E-state index in [1.165, 1.54) is 84.2 Å². The lowest BCUT2D eigenvalue weighted by Crippen LogP contribution is -2.60. The third-order valence-electron chi connectivity index (χ3n) is 6.31. The fourth-order valence-corrected chi connectivity index (χ4v) is 4.22. The van der Waals surface area contributed by atoms with Gasteiger partial charge in [-0.15, -0.1) is 0 Å². The van der Waals surface area contributed by atoms with Crippen LogP contribution in [0.5, 0.6) is 0 Å². The molecule has 32 heavy (non-hydrogen) atoms. The molecule has 0 aliphatic carbocycles. The van der Waals surface area contributed by atoms with E-state index in [9.17, 15) is 20.1 Å². The Morgan fingerprint density at radius 2 is 1.25 bits per heavy atom. The van der Waals surface area contributed by atoms with Crippen molar-refractivity contribution in [2.24, 2.45) is 0 Å². The van der Waals surface area contributed by atoms with Crippen LogP contribution in [0.1, 0.15) is 110 Å². The number of unbranched alkanes of at least 4 members (excludes halogenated alkanes) is 14. The minimum atomic E-state index is -1.36. The highest BCUT2D eigenvalue weighted by Gasteiger charge is 2.46. The Balaban J connectivity index is 2.00. The van der Waals surface area contributed by atoms with Gasteiger partial charge in [0, 0.05) is 13.5 Å². The van der Waals surface area contributed by atoms with E-state index >= 15 is 0 Å². The van der Waals surface area contributed by atoms with Crippen LogP contribution in [0.4, 0.5) is 0 Å². The van der Waals surface area contributed by atoms with Crippen LogP contribution in [-0.4, -0.2) is 65.7 Å². The van der Waals surface area contributed by atoms with E-state index in [2.05, 4.69) is 6.92 Å². The van der Waals surface area contributed by atoms with Crippen molar-refractivity contribution in [2.75, 3.05) is 13.7 Å². The summed E-state index contributed by atoms with van der Waals surface area (Å²) in [6, 6.07) is 0. The number of aliphatic hydroxyl groups is 3. The zero-order valence-electron chi connectivity index (χ0n) is 20.4. The third kappa shape index (κ3) is 11.9. The lowest BCUT2D eigenvalue weighted by molar-refractivity contribution is -0.298. The average molecular weight is 461 g/mol. The summed E-state index contributed by atoms with van der Waals surface area (Å²) >= 11 is 0. The van der Waals surface area contributed by atoms with Gasteiger partial charge in [-0.25, -0.2) is 0 Å². The minimum absolute atomic E-state index is 0.261. The fraction of sp³-hybridized carbons (Fsp3) is 0.960. The quantitative estimate of drug-likeness (QED) is 0.195. The summed E-state index contributed by atoms with van der Waals surface area (Å²) in [7, 11) is 1.36. The standard InChI is InChI=1S/C25H48O7/c1-3-4-5-6-7-8-9-10-11-12-13-14-15-16-17-18-21(27)32-24-23(29)22(28)20(19-26)31-25(24)30-2/h20,22-26,28-29H,3-19H2,1-2H3/t20-,22-,23+,24-,25+/m1/s1. The first-order chi connectivity index (χ1) is 15.5. The number of ether oxygens (including phenoxy) is 3. The van der Waals surface area contributed by atoms with E-state index < -0.39 is 43.3 Å². The molecule has 0 radical (unpaired) electrons. The van der Waals surface area contributed by atoms with Gasteiger partial charge in [0.25, 0.3) is 0 Å². The molecule has 1 heterocycles. The predicted octanol–water partition coefficient (Wildman–Crippen LogP) is 4.25. The molecule has 1 saturated heterocycles. The molecule has 5 atom stereocenters. The Kier molecular flexibility index (Phi) is 17.1. The van der Waals surface area contributed by atoms with Crippen molar-refractivity contribution >= 4 is 5.97 Å². The van der Waals surface area contributed by atoms with E-state index in [4.69, 9.17) is 14.2 Å². The van der Waals surface area contributed by atoms with Gasteiger partial charge in [-0.2, -0.15) is 0 Å². The average Bonchev–Trinajstić information content (AvgIpc) is 2.79. The summed E-state index contributed by atoms with van der Waals surface area (Å²) in [5, 5.41) is 29.4. The molecule has 7 nitrogen and oxygen atoms in total. The van der Waals surface area contributed by atoms with Gasteiger partial charge in [-0.1, -0.05) is 96.8 Å². The number of hydrogen-bond acceptors (Lipinski definition) is 7. The maximum atomic E-state index is 12.1. The van der Waals surface area contributed by atoms with Crippen LogP contribution in [0.2, 0.25) is 0 Å². The zero-order chi connectivity index (χ0) is 23.6. The van der Waals surface area contributed by atoms with Gasteiger partial charge in [0.2, 0.25) is 0 Å². The minimum Gasteiger partial charge on any atom is -0.454 e. The molecule has 1 fully saturated rings. The van der Waals surface area contributed by atoms with Crippen molar-refractivity contribution in [1.82, 2.24) is 0 Å². The van der Waals surface area contributed by atoms with Crippen molar-refractivity contribution in [3.05, 3.63) is 0 Å². The first kappa shape index (κ1) is 29.3. The van der Waals surface area contributed by atoms with Gasteiger partial charge in [0.1, 0.15) is 18.3 Å². The molecule has 0 amide bonds. The Hall–Kier alpha value is -0.730. The molecule has 7 heteroatoms. The van der Waals surface area contributed by atoms with E-state index in [1.54, 1.807) is 0 Å². The van der Waals surface area contributed by atoms with Gasteiger partial charge in [-0.05, 0) is 6.42 Å². The molecule has 0 aromatic heterocycles. The van der Waals surface area contributed by atoms with E-state index in [0.29, 0.717) is 0 Å². The SMILES string of the molecule is CCCCCCCCCCCCCCCCCC(=O)O[C@H]1[C@@H](OC)O[C@H](CO)[C@@H](O)[C@@H]1O. The smallest absolute Gasteiger partial charge is 0.306 e. The topological polar surface area (TPSA) is 105 Å². The number of methoxy groups -OCH3 is 1. The molecule has 0 aromatic rings. The number of carbonyl (C=O) groups is 1. The Morgan fingerprint density at radius 3 is 1.69 bits per heavy atom. The summed E-state index contributed by atoms with van der Waals surface area (Å²) in [6.45, 7) is 1.80. The van der Waals surface area contributed by atoms with Gasteiger partial charge in [0.05, 0.1) is 6.61 Å². The highest BCUT2D eigenvalue weighted by Crippen LogP contribution is 2.24. The van der Waals surface area contributed by atoms with Crippen LogP contribution in [0.3, 0.4) is 0 Å². The molecule has 0 saturated carbocycles. The van der Waals surface area contributed by atoms with Gasteiger partial charge in [0.15, 0.2) is 12.4 Å². The van der Waals surface area contributed by atoms with E-state index in [-0.39, 0.29) is 6.42 Å². The molecule has 1 rings (SSSR count). The highest BCUT2D eigenvalue weighted by molar-refractivity contribution is 5.69.